The fourth-order valence-electron chi connectivity index (χ4n) is 6.03. The van der Waals surface area contributed by atoms with Gasteiger partial charge in [-0.1, -0.05) is 166 Å². The number of unbranched alkanes of at least 4 members (excludes halogenated alkanes) is 18. The number of hydrogen-bond acceptors (Lipinski definition) is 6. The smallest absolute Gasteiger partial charge is 0.332 e. The summed E-state index contributed by atoms with van der Waals surface area (Å²) < 4.78 is 45.4. The Hall–Kier alpha value is -2.71. The second-order valence-corrected chi connectivity index (χ2v) is 14.8. The van der Waals surface area contributed by atoms with E-state index in [0.717, 1.165) is 56.1 Å². The summed E-state index contributed by atoms with van der Waals surface area (Å²) in [6, 6.07) is 14.1. The predicted octanol–water partition coefficient (Wildman–Crippen LogP) is 10.8. The van der Waals surface area contributed by atoms with Crippen LogP contribution in [0.3, 0.4) is 0 Å². The zero-order chi connectivity index (χ0) is 34.9. The lowest BCUT2D eigenvalue weighted by atomic mass is 10.0. The summed E-state index contributed by atoms with van der Waals surface area (Å²) in [4.78, 5) is 26.0. The highest BCUT2D eigenvalue weighted by molar-refractivity contribution is 7.87. The maximum Gasteiger partial charge on any atom is 0.332 e. The van der Waals surface area contributed by atoms with Crippen molar-refractivity contribution < 1.29 is 32.0 Å². The molecule has 270 valence electrons. The van der Waals surface area contributed by atoms with E-state index in [1.807, 2.05) is 24.3 Å². The van der Waals surface area contributed by atoms with Crippen LogP contribution in [0, 0.1) is 0 Å². The summed E-state index contributed by atoms with van der Waals surface area (Å²) in [7, 11) is -4.94. The molecule has 0 saturated carbocycles. The third kappa shape index (κ3) is 18.2. The van der Waals surface area contributed by atoms with Crippen LogP contribution in [0.15, 0.2) is 48.5 Å². The SMILES string of the molecule is CCCCCCCCCCCCc1ccccc1OC(=O)CC(C(=O)Oc1ccccc1CCCCCCCCCCCC)S(=O)(=O)O. The Morgan fingerprint density at radius 2 is 0.917 bits per heavy atom. The molecule has 1 N–H and O–H groups in total. The lowest BCUT2D eigenvalue weighted by molar-refractivity contribution is -0.140. The monoisotopic (exact) mass is 686 g/mol. The lowest BCUT2D eigenvalue weighted by Crippen LogP contribution is -2.36. The number of hydrogen-bond donors (Lipinski definition) is 1. The van der Waals surface area contributed by atoms with Gasteiger partial charge < -0.3 is 9.47 Å². The van der Waals surface area contributed by atoms with E-state index in [0.29, 0.717) is 12.2 Å². The van der Waals surface area contributed by atoms with Crippen LogP contribution in [0.25, 0.3) is 0 Å². The number of carbonyl (C=O) groups is 2. The minimum Gasteiger partial charge on any atom is -0.426 e. The molecule has 0 amide bonds. The molecule has 0 aliphatic heterocycles. The number of aryl methyl sites for hydroxylation is 2. The maximum atomic E-state index is 13.1. The first-order valence-electron chi connectivity index (χ1n) is 18.8. The van der Waals surface area contributed by atoms with Crippen LogP contribution >= 0.6 is 0 Å². The van der Waals surface area contributed by atoms with Gasteiger partial charge in [0.2, 0.25) is 0 Å². The van der Waals surface area contributed by atoms with E-state index in [1.165, 1.54) is 89.9 Å². The van der Waals surface area contributed by atoms with Crippen molar-refractivity contribution in [2.75, 3.05) is 0 Å². The summed E-state index contributed by atoms with van der Waals surface area (Å²) in [6.07, 6.45) is 24.8. The Labute approximate surface area is 291 Å². The zero-order valence-electron chi connectivity index (χ0n) is 29.8. The van der Waals surface area contributed by atoms with Gasteiger partial charge in [-0.2, -0.15) is 8.42 Å². The highest BCUT2D eigenvalue weighted by atomic mass is 32.2. The largest absolute Gasteiger partial charge is 0.426 e. The molecule has 0 spiro atoms. The molecule has 0 radical (unpaired) electrons. The summed E-state index contributed by atoms with van der Waals surface area (Å²) in [6.45, 7) is 4.45. The number of esters is 2. The fourth-order valence-corrected chi connectivity index (χ4v) is 6.66. The van der Waals surface area contributed by atoms with Crippen LogP contribution in [-0.2, 0) is 32.5 Å². The third-order valence-electron chi connectivity index (χ3n) is 8.95. The van der Waals surface area contributed by atoms with Gasteiger partial charge in [0, 0.05) is 0 Å². The van der Waals surface area contributed by atoms with E-state index < -0.39 is 33.7 Å². The summed E-state index contributed by atoms with van der Waals surface area (Å²) in [5, 5.41) is -2.09. The average Bonchev–Trinajstić information content (AvgIpc) is 3.06. The van der Waals surface area contributed by atoms with Gasteiger partial charge in [-0.05, 0) is 48.9 Å². The van der Waals surface area contributed by atoms with Crippen molar-refractivity contribution in [2.24, 2.45) is 0 Å². The van der Waals surface area contributed by atoms with Crippen molar-refractivity contribution in [1.29, 1.82) is 0 Å². The molecule has 7 nitrogen and oxygen atoms in total. The molecular weight excluding hydrogens is 625 g/mol. The van der Waals surface area contributed by atoms with Crippen molar-refractivity contribution in [3.8, 4) is 11.5 Å². The Bertz CT molecular complexity index is 1270. The molecule has 2 aromatic carbocycles. The van der Waals surface area contributed by atoms with Crippen molar-refractivity contribution in [1.82, 2.24) is 0 Å². The van der Waals surface area contributed by atoms with Gasteiger partial charge in [0.1, 0.15) is 11.5 Å². The summed E-state index contributed by atoms with van der Waals surface area (Å²) in [5.74, 6) is -1.56. The van der Waals surface area contributed by atoms with E-state index in [-0.39, 0.29) is 5.75 Å². The summed E-state index contributed by atoms with van der Waals surface area (Å²) in [5.41, 5.74) is 1.63. The summed E-state index contributed by atoms with van der Waals surface area (Å²) >= 11 is 0. The lowest BCUT2D eigenvalue weighted by Gasteiger charge is -2.16. The van der Waals surface area contributed by atoms with Crippen LogP contribution in [-0.4, -0.2) is 30.2 Å². The van der Waals surface area contributed by atoms with Gasteiger partial charge in [0.25, 0.3) is 10.1 Å². The zero-order valence-corrected chi connectivity index (χ0v) is 30.6. The Morgan fingerprint density at radius 3 is 1.31 bits per heavy atom. The first-order valence-corrected chi connectivity index (χ1v) is 20.3. The Morgan fingerprint density at radius 1 is 0.562 bits per heavy atom. The molecule has 2 rings (SSSR count). The van der Waals surface area contributed by atoms with E-state index in [9.17, 15) is 22.6 Å². The predicted molar refractivity (Wildman–Crippen MR) is 195 cm³/mol. The molecule has 2 aromatic rings. The maximum absolute atomic E-state index is 13.1. The quantitative estimate of drug-likeness (QED) is 0.0411. The van der Waals surface area contributed by atoms with Gasteiger partial charge in [0.15, 0.2) is 5.25 Å². The minimum absolute atomic E-state index is 0.238. The van der Waals surface area contributed by atoms with Gasteiger partial charge in [-0.15, -0.1) is 0 Å². The third-order valence-corrected chi connectivity index (χ3v) is 10.0. The van der Waals surface area contributed by atoms with Crippen molar-refractivity contribution in [2.45, 2.75) is 167 Å². The van der Waals surface area contributed by atoms with Crippen LogP contribution in [0.4, 0.5) is 0 Å². The first-order chi connectivity index (χ1) is 23.3. The van der Waals surface area contributed by atoms with Gasteiger partial charge >= 0.3 is 11.9 Å². The van der Waals surface area contributed by atoms with Crippen LogP contribution < -0.4 is 9.47 Å². The highest BCUT2D eigenvalue weighted by Crippen LogP contribution is 2.25. The Kier molecular flexibility index (Phi) is 21.8. The normalized spacial score (nSPS) is 12.1. The molecule has 0 aliphatic rings. The van der Waals surface area contributed by atoms with Crippen LogP contribution in [0.5, 0.6) is 11.5 Å². The van der Waals surface area contributed by atoms with Gasteiger partial charge in [-0.3, -0.25) is 14.1 Å². The highest BCUT2D eigenvalue weighted by Gasteiger charge is 2.36. The fraction of sp³-hybridized carbons (Fsp3) is 0.650. The van der Waals surface area contributed by atoms with E-state index >= 15 is 0 Å². The molecule has 0 fully saturated rings. The van der Waals surface area contributed by atoms with Gasteiger partial charge in [-0.25, -0.2) is 0 Å². The number of rotatable bonds is 28. The molecule has 1 unspecified atom stereocenters. The van der Waals surface area contributed by atoms with Crippen LogP contribution in [0.1, 0.15) is 160 Å². The van der Waals surface area contributed by atoms with E-state index in [1.54, 1.807) is 24.3 Å². The number of benzene rings is 2. The molecule has 0 aliphatic carbocycles. The second-order valence-electron chi connectivity index (χ2n) is 13.2. The van der Waals surface area contributed by atoms with E-state index in [4.69, 9.17) is 9.47 Å². The molecule has 0 bridgehead atoms. The number of carbonyl (C=O) groups excluding carboxylic acids is 2. The standard InChI is InChI=1S/C40H62O7S/c1-3-5-7-9-11-13-15-17-19-21-27-34-29-23-25-31-36(34)46-39(41)33-38(48(43,44)45)40(42)47-37-32-26-24-30-35(37)28-22-20-18-16-14-12-10-8-6-4-2/h23-26,29-32,38H,3-22,27-28,33H2,1-2H3,(H,43,44,45). The molecule has 8 heteroatoms. The van der Waals surface area contributed by atoms with Crippen molar-refractivity contribution in [3.63, 3.8) is 0 Å². The van der Waals surface area contributed by atoms with Crippen molar-refractivity contribution in [3.05, 3.63) is 59.7 Å². The topological polar surface area (TPSA) is 107 Å². The molecule has 0 aromatic heterocycles. The van der Waals surface area contributed by atoms with Crippen molar-refractivity contribution >= 4 is 22.1 Å². The van der Waals surface area contributed by atoms with Gasteiger partial charge in [0.05, 0.1) is 6.42 Å². The van der Waals surface area contributed by atoms with E-state index in [2.05, 4.69) is 13.8 Å². The van der Waals surface area contributed by atoms with Crippen LogP contribution in [0.2, 0.25) is 0 Å². The average molecular weight is 687 g/mol. The molecule has 0 heterocycles. The second kappa shape index (κ2) is 25.3. The molecule has 1 atom stereocenters. The molecule has 0 saturated heterocycles. The number of para-hydroxylation sites is 2. The number of ether oxygens (including phenoxy) is 2. The Balaban J connectivity index is 1.84. The first kappa shape index (κ1) is 41.5. The molecule has 48 heavy (non-hydrogen) atoms. The molecular formula is C40H62O7S. The minimum atomic E-state index is -4.94.